The number of likely N-dealkylation sites (N-methyl/N-ethyl adjacent to an activating group) is 1. The Morgan fingerprint density at radius 2 is 1.86 bits per heavy atom. The van der Waals surface area contributed by atoms with Gasteiger partial charge in [0.15, 0.2) is 0 Å². The highest BCUT2D eigenvalue weighted by atomic mass is 16.3. The van der Waals surface area contributed by atoms with Crippen LogP contribution < -0.4 is 5.32 Å². The molecule has 7 heteroatoms. The molecule has 1 saturated heterocycles. The fourth-order valence-electron chi connectivity index (χ4n) is 3.58. The first kappa shape index (κ1) is 20.8. The van der Waals surface area contributed by atoms with Crippen molar-refractivity contribution in [2.45, 2.75) is 45.9 Å². The van der Waals surface area contributed by atoms with Gasteiger partial charge in [0.05, 0.1) is 17.5 Å². The fraction of sp³-hybridized carbons (Fsp3) is 0.409. The van der Waals surface area contributed by atoms with Crippen LogP contribution in [-0.4, -0.2) is 57.6 Å². The van der Waals surface area contributed by atoms with Crippen LogP contribution in [0.25, 0.3) is 0 Å². The molecule has 0 spiro atoms. The molecule has 1 aromatic carbocycles. The number of rotatable bonds is 4. The number of aliphatic hydroxyl groups is 1. The highest BCUT2D eigenvalue weighted by molar-refractivity contribution is 5.94. The van der Waals surface area contributed by atoms with Crippen molar-refractivity contribution in [3.05, 3.63) is 58.9 Å². The lowest BCUT2D eigenvalue weighted by molar-refractivity contribution is -0.134. The smallest absolute Gasteiger partial charge is 0.322 e. The molecule has 2 heterocycles. The molecule has 154 valence electrons. The maximum Gasteiger partial charge on any atom is 0.322 e. The number of likely N-dealkylation sites (tertiary alicyclic amines) is 1. The Labute approximate surface area is 171 Å². The average Bonchev–Trinajstić information content (AvgIpc) is 3.07. The predicted octanol–water partition coefficient (Wildman–Crippen LogP) is 2.63. The second-order valence-corrected chi connectivity index (χ2v) is 7.75. The number of aromatic nitrogens is 1. The van der Waals surface area contributed by atoms with Gasteiger partial charge in [0.25, 0.3) is 0 Å². The van der Waals surface area contributed by atoms with Crippen molar-refractivity contribution in [3.8, 4) is 0 Å². The van der Waals surface area contributed by atoms with E-state index in [1.165, 1.54) is 4.90 Å². The molecule has 2 unspecified atom stereocenters. The summed E-state index contributed by atoms with van der Waals surface area (Å²) in [6, 6.07) is 10.5. The number of hydrogen-bond acceptors (Lipinski definition) is 4. The lowest BCUT2D eigenvalue weighted by Crippen LogP contribution is -2.47. The zero-order valence-electron chi connectivity index (χ0n) is 17.3. The van der Waals surface area contributed by atoms with Gasteiger partial charge in [-0.1, -0.05) is 29.8 Å². The molecule has 1 aromatic heterocycles. The molecule has 0 aliphatic carbocycles. The van der Waals surface area contributed by atoms with Crippen molar-refractivity contribution in [2.75, 3.05) is 18.9 Å². The molecule has 29 heavy (non-hydrogen) atoms. The third-order valence-electron chi connectivity index (χ3n) is 5.21. The molecule has 1 aliphatic rings. The molecule has 0 radical (unpaired) electrons. The summed E-state index contributed by atoms with van der Waals surface area (Å²) in [5, 5.41) is 12.9. The van der Waals surface area contributed by atoms with Gasteiger partial charge in [-0.3, -0.25) is 9.78 Å². The summed E-state index contributed by atoms with van der Waals surface area (Å²) in [4.78, 5) is 33.2. The largest absolute Gasteiger partial charge is 0.391 e. The Bertz CT molecular complexity index is 897. The number of pyridine rings is 1. The highest BCUT2D eigenvalue weighted by Crippen LogP contribution is 2.23. The minimum Gasteiger partial charge on any atom is -0.391 e. The van der Waals surface area contributed by atoms with Gasteiger partial charge in [-0.05, 0) is 38.5 Å². The van der Waals surface area contributed by atoms with Crippen LogP contribution in [0.5, 0.6) is 0 Å². The van der Waals surface area contributed by atoms with Gasteiger partial charge in [-0.25, -0.2) is 4.79 Å². The Kier molecular flexibility index (Phi) is 6.17. The molecular formula is C22H28N4O3. The van der Waals surface area contributed by atoms with Gasteiger partial charge in [-0.15, -0.1) is 0 Å². The van der Waals surface area contributed by atoms with E-state index in [0.29, 0.717) is 17.9 Å². The number of hydrogen-bond donors (Lipinski definition) is 2. The monoisotopic (exact) mass is 396 g/mol. The summed E-state index contributed by atoms with van der Waals surface area (Å²) < 4.78 is 0. The molecule has 3 amide bonds. The van der Waals surface area contributed by atoms with Crippen molar-refractivity contribution in [1.29, 1.82) is 0 Å². The van der Waals surface area contributed by atoms with Crippen molar-refractivity contribution in [3.63, 3.8) is 0 Å². The number of aryl methyl sites for hydroxylation is 3. The zero-order chi connectivity index (χ0) is 21.1. The summed E-state index contributed by atoms with van der Waals surface area (Å²) >= 11 is 0. The second-order valence-electron chi connectivity index (χ2n) is 7.75. The van der Waals surface area contributed by atoms with E-state index in [0.717, 1.165) is 16.8 Å². The Balaban J connectivity index is 1.70. The van der Waals surface area contributed by atoms with Crippen molar-refractivity contribution in [2.24, 2.45) is 0 Å². The molecule has 0 saturated carbocycles. The number of carbonyl (C=O) groups is 2. The number of amides is 3. The number of benzene rings is 1. The molecular weight excluding hydrogens is 368 g/mol. The Morgan fingerprint density at radius 3 is 2.52 bits per heavy atom. The van der Waals surface area contributed by atoms with Gasteiger partial charge in [0, 0.05) is 32.3 Å². The highest BCUT2D eigenvalue weighted by Gasteiger charge is 2.40. The van der Waals surface area contributed by atoms with Crippen LogP contribution in [0.3, 0.4) is 0 Å². The molecule has 0 bridgehead atoms. The zero-order valence-corrected chi connectivity index (χ0v) is 17.3. The number of aliphatic hydroxyl groups excluding tert-OH is 1. The Morgan fingerprint density at radius 1 is 1.17 bits per heavy atom. The van der Waals surface area contributed by atoms with Crippen LogP contribution in [-0.2, 0) is 11.3 Å². The van der Waals surface area contributed by atoms with Gasteiger partial charge in [0.2, 0.25) is 5.91 Å². The van der Waals surface area contributed by atoms with Gasteiger partial charge < -0.3 is 20.2 Å². The third-order valence-corrected chi connectivity index (χ3v) is 5.21. The fourth-order valence-corrected chi connectivity index (χ4v) is 3.58. The van der Waals surface area contributed by atoms with E-state index in [1.54, 1.807) is 18.0 Å². The Hall–Kier alpha value is -2.93. The second kappa shape index (κ2) is 8.61. The van der Waals surface area contributed by atoms with Gasteiger partial charge in [0.1, 0.15) is 6.04 Å². The summed E-state index contributed by atoms with van der Waals surface area (Å²) in [6.45, 7) is 6.29. The van der Waals surface area contributed by atoms with E-state index in [-0.39, 0.29) is 18.9 Å². The van der Waals surface area contributed by atoms with E-state index in [4.69, 9.17) is 0 Å². The van der Waals surface area contributed by atoms with Crippen molar-refractivity contribution in [1.82, 2.24) is 14.8 Å². The van der Waals surface area contributed by atoms with E-state index in [1.807, 2.05) is 51.1 Å². The topological polar surface area (TPSA) is 85.8 Å². The van der Waals surface area contributed by atoms with Crippen LogP contribution in [0.4, 0.5) is 10.5 Å². The molecule has 7 nitrogen and oxygen atoms in total. The van der Waals surface area contributed by atoms with E-state index in [2.05, 4.69) is 10.3 Å². The third kappa shape index (κ3) is 4.92. The van der Waals surface area contributed by atoms with Crippen molar-refractivity contribution < 1.29 is 14.7 Å². The average molecular weight is 396 g/mol. The molecule has 1 aliphatic heterocycles. The van der Waals surface area contributed by atoms with E-state index >= 15 is 0 Å². The van der Waals surface area contributed by atoms with Gasteiger partial charge in [-0.2, -0.15) is 0 Å². The standard InChI is InChI=1S/C22H28N4O3/c1-14-5-8-17(9-6-14)12-25(4)21(28)20-11-18(27)13-26(20)22(29)24-19-10-7-15(2)23-16(19)3/h5-10,18,20,27H,11-13H2,1-4H3,(H,24,29). The van der Waals surface area contributed by atoms with E-state index in [9.17, 15) is 14.7 Å². The number of nitrogens with one attached hydrogen (secondary N) is 1. The number of nitrogens with zero attached hydrogens (tertiary/aromatic N) is 3. The minimum atomic E-state index is -0.722. The first-order chi connectivity index (χ1) is 13.7. The summed E-state index contributed by atoms with van der Waals surface area (Å²) in [5.74, 6) is -0.184. The normalized spacial score (nSPS) is 18.6. The molecule has 3 rings (SSSR count). The van der Waals surface area contributed by atoms with Crippen LogP contribution in [0.2, 0.25) is 0 Å². The molecule has 2 aromatic rings. The number of β-amino-alcohol motifs (C(OH)–C–C–N with tert-alkyl or cyclic N) is 1. The van der Waals surface area contributed by atoms with Crippen LogP contribution in [0.1, 0.15) is 28.9 Å². The molecule has 2 atom stereocenters. The summed E-state index contributed by atoms with van der Waals surface area (Å²) in [6.07, 6.45) is -0.491. The minimum absolute atomic E-state index is 0.124. The first-order valence-corrected chi connectivity index (χ1v) is 9.75. The van der Waals surface area contributed by atoms with Crippen LogP contribution >= 0.6 is 0 Å². The van der Waals surface area contributed by atoms with Crippen molar-refractivity contribution >= 4 is 17.6 Å². The predicted molar refractivity (Wildman–Crippen MR) is 112 cm³/mol. The molecule has 1 fully saturated rings. The van der Waals surface area contributed by atoms with Crippen LogP contribution in [0.15, 0.2) is 36.4 Å². The number of anilines is 1. The first-order valence-electron chi connectivity index (χ1n) is 9.75. The van der Waals surface area contributed by atoms with E-state index < -0.39 is 18.2 Å². The SMILES string of the molecule is Cc1ccc(CN(C)C(=O)C2CC(O)CN2C(=O)Nc2ccc(C)nc2C)cc1. The van der Waals surface area contributed by atoms with Gasteiger partial charge >= 0.3 is 6.03 Å². The molecule has 2 N–H and O–H groups in total. The summed E-state index contributed by atoms with van der Waals surface area (Å²) in [5.41, 5.74) is 4.34. The number of urea groups is 1. The quantitative estimate of drug-likeness (QED) is 0.832. The maximum atomic E-state index is 13.0. The maximum absolute atomic E-state index is 13.0. The number of carbonyl (C=O) groups excluding carboxylic acids is 2. The summed E-state index contributed by atoms with van der Waals surface area (Å²) in [7, 11) is 1.72. The lowest BCUT2D eigenvalue weighted by atomic mass is 10.1. The van der Waals surface area contributed by atoms with Crippen LogP contribution in [0, 0.1) is 20.8 Å². The lowest BCUT2D eigenvalue weighted by Gasteiger charge is -2.28.